The molecular formula is C19H17Cl3N2O2. The second-order valence-corrected chi connectivity index (χ2v) is 7.01. The molecule has 0 radical (unpaired) electrons. The van der Waals surface area contributed by atoms with Gasteiger partial charge >= 0.3 is 0 Å². The number of hydrogen-bond donors (Lipinski definition) is 0. The first-order chi connectivity index (χ1) is 12.3. The lowest BCUT2D eigenvalue weighted by Crippen LogP contribution is -2.35. The van der Waals surface area contributed by atoms with Crippen molar-refractivity contribution >= 4 is 46.4 Å². The fraction of sp³-hybridized carbons (Fsp3) is 0.263. The molecule has 0 atom stereocenters. The number of anilines is 1. The second-order valence-electron chi connectivity index (χ2n) is 5.78. The van der Waals surface area contributed by atoms with Crippen LogP contribution in [0.1, 0.15) is 17.5 Å². The van der Waals surface area contributed by atoms with Gasteiger partial charge in [-0.25, -0.2) is 0 Å². The summed E-state index contributed by atoms with van der Waals surface area (Å²) in [5, 5.41) is 9.75. The minimum Gasteiger partial charge on any atom is -0.482 e. The van der Waals surface area contributed by atoms with Crippen LogP contribution in [0.3, 0.4) is 0 Å². The third-order valence-corrected chi connectivity index (χ3v) is 4.61. The number of ether oxygens (including phenoxy) is 1. The number of nitrogens with zero attached hydrogens (tertiary/aromatic N) is 2. The Morgan fingerprint density at radius 3 is 2.27 bits per heavy atom. The van der Waals surface area contributed by atoms with Crippen molar-refractivity contribution in [1.82, 2.24) is 0 Å². The van der Waals surface area contributed by atoms with Crippen molar-refractivity contribution < 1.29 is 9.53 Å². The predicted molar refractivity (Wildman–Crippen MR) is 105 cm³/mol. The summed E-state index contributed by atoms with van der Waals surface area (Å²) in [6.45, 7) is 3.94. The molecule has 0 aliphatic heterocycles. The minimum absolute atomic E-state index is 0.215. The number of halogens is 3. The summed E-state index contributed by atoms with van der Waals surface area (Å²) in [4.78, 5) is 14.2. The molecule has 0 aliphatic rings. The Morgan fingerprint density at radius 2 is 1.65 bits per heavy atom. The summed E-state index contributed by atoms with van der Waals surface area (Å²) >= 11 is 17.9. The van der Waals surface area contributed by atoms with Crippen LogP contribution in [-0.4, -0.2) is 19.1 Å². The number of carbonyl (C=O) groups is 1. The second kappa shape index (κ2) is 9.14. The maximum absolute atomic E-state index is 12.7. The molecule has 0 fully saturated rings. The van der Waals surface area contributed by atoms with Crippen LogP contribution in [0.2, 0.25) is 15.1 Å². The van der Waals surface area contributed by atoms with Gasteiger partial charge in [0.2, 0.25) is 0 Å². The van der Waals surface area contributed by atoms with Crippen molar-refractivity contribution in [2.45, 2.75) is 20.3 Å². The van der Waals surface area contributed by atoms with Gasteiger partial charge in [0.25, 0.3) is 5.91 Å². The zero-order valence-electron chi connectivity index (χ0n) is 14.4. The minimum atomic E-state index is -0.285. The van der Waals surface area contributed by atoms with Crippen LogP contribution in [0.15, 0.2) is 30.3 Å². The topological polar surface area (TPSA) is 53.3 Å². The van der Waals surface area contributed by atoms with Crippen molar-refractivity contribution in [1.29, 1.82) is 5.26 Å². The Bertz CT molecular complexity index is 842. The van der Waals surface area contributed by atoms with Crippen LogP contribution in [0.4, 0.5) is 5.69 Å². The van der Waals surface area contributed by atoms with Gasteiger partial charge in [-0.1, -0.05) is 40.9 Å². The number of carbonyl (C=O) groups excluding carboxylic acids is 1. The van der Waals surface area contributed by atoms with Gasteiger partial charge in [0.1, 0.15) is 5.75 Å². The zero-order valence-corrected chi connectivity index (χ0v) is 16.6. The highest BCUT2D eigenvalue weighted by Gasteiger charge is 2.18. The van der Waals surface area contributed by atoms with E-state index in [4.69, 9.17) is 44.8 Å². The lowest BCUT2D eigenvalue weighted by atomic mass is 10.1. The highest BCUT2D eigenvalue weighted by Crippen LogP contribution is 2.34. The Labute approximate surface area is 167 Å². The largest absolute Gasteiger partial charge is 0.482 e. The Morgan fingerprint density at radius 1 is 1.04 bits per heavy atom. The first-order valence-corrected chi connectivity index (χ1v) is 8.98. The molecule has 0 aromatic heterocycles. The summed E-state index contributed by atoms with van der Waals surface area (Å²) in [6.07, 6.45) is 0.215. The monoisotopic (exact) mass is 410 g/mol. The highest BCUT2D eigenvalue weighted by molar-refractivity contribution is 6.43. The molecule has 2 aromatic carbocycles. The van der Waals surface area contributed by atoms with Crippen molar-refractivity contribution in [3.63, 3.8) is 0 Å². The summed E-state index contributed by atoms with van der Waals surface area (Å²) in [5.74, 6) is -0.0116. The van der Waals surface area contributed by atoms with E-state index in [1.165, 1.54) is 17.0 Å². The number of nitriles is 1. The highest BCUT2D eigenvalue weighted by atomic mass is 35.5. The van der Waals surface area contributed by atoms with Gasteiger partial charge in [-0.15, -0.1) is 0 Å². The normalized spacial score (nSPS) is 10.3. The van der Waals surface area contributed by atoms with Crippen molar-refractivity contribution in [3.8, 4) is 11.8 Å². The van der Waals surface area contributed by atoms with Gasteiger partial charge in [-0.05, 0) is 43.2 Å². The molecule has 26 heavy (non-hydrogen) atoms. The molecule has 0 spiro atoms. The number of benzene rings is 2. The van der Waals surface area contributed by atoms with E-state index >= 15 is 0 Å². The summed E-state index contributed by atoms with van der Waals surface area (Å²) in [5.41, 5.74) is 2.79. The fourth-order valence-electron chi connectivity index (χ4n) is 2.50. The summed E-state index contributed by atoms with van der Waals surface area (Å²) < 4.78 is 5.53. The zero-order chi connectivity index (χ0) is 19.3. The van der Waals surface area contributed by atoms with Gasteiger partial charge in [-0.3, -0.25) is 4.79 Å². The van der Waals surface area contributed by atoms with E-state index in [1.54, 1.807) is 0 Å². The van der Waals surface area contributed by atoms with E-state index in [9.17, 15) is 4.79 Å². The SMILES string of the molecule is Cc1cc(C)cc(N(CCC#N)C(=O)COc2cc(Cl)c(Cl)cc2Cl)c1. The standard InChI is InChI=1S/C19H17Cl3N2O2/c1-12-6-13(2)8-14(7-12)24(5-3-4-23)19(25)11-26-18-10-16(21)15(20)9-17(18)22/h6-10H,3,5,11H2,1-2H3. The molecule has 0 unspecified atom stereocenters. The molecule has 0 aliphatic carbocycles. The van der Waals surface area contributed by atoms with Gasteiger partial charge in [0.05, 0.1) is 27.6 Å². The molecule has 2 rings (SSSR count). The third kappa shape index (κ3) is 5.28. The van der Waals surface area contributed by atoms with E-state index in [0.29, 0.717) is 5.02 Å². The van der Waals surface area contributed by atoms with E-state index in [1.807, 2.05) is 32.0 Å². The molecule has 0 saturated heterocycles. The molecule has 2 aromatic rings. The Kier molecular flexibility index (Phi) is 7.16. The maximum Gasteiger partial charge on any atom is 0.264 e. The molecule has 0 bridgehead atoms. The average Bonchev–Trinajstić information content (AvgIpc) is 2.56. The van der Waals surface area contributed by atoms with E-state index < -0.39 is 0 Å². The van der Waals surface area contributed by atoms with Crippen molar-refractivity contribution in [2.24, 2.45) is 0 Å². The summed E-state index contributed by atoms with van der Waals surface area (Å²) in [6, 6.07) is 10.8. The number of amides is 1. The Balaban J connectivity index is 2.19. The van der Waals surface area contributed by atoms with Crippen LogP contribution in [-0.2, 0) is 4.79 Å². The molecule has 136 valence electrons. The maximum atomic E-state index is 12.7. The molecular weight excluding hydrogens is 395 g/mol. The molecule has 0 heterocycles. The molecule has 7 heteroatoms. The Hall–Kier alpha value is -1.93. The van der Waals surface area contributed by atoms with Gasteiger partial charge < -0.3 is 9.64 Å². The van der Waals surface area contributed by atoms with Crippen LogP contribution in [0, 0.1) is 25.2 Å². The molecule has 0 N–H and O–H groups in total. The molecule has 1 amide bonds. The summed E-state index contributed by atoms with van der Waals surface area (Å²) in [7, 11) is 0. The van der Waals surface area contributed by atoms with Crippen molar-refractivity contribution in [3.05, 3.63) is 56.5 Å². The van der Waals surface area contributed by atoms with E-state index in [0.717, 1.165) is 16.8 Å². The van der Waals surface area contributed by atoms with Crippen LogP contribution in [0.25, 0.3) is 0 Å². The number of rotatable bonds is 6. The van der Waals surface area contributed by atoms with Crippen molar-refractivity contribution in [2.75, 3.05) is 18.1 Å². The average molecular weight is 412 g/mol. The first kappa shape index (κ1) is 20.4. The number of hydrogen-bond acceptors (Lipinski definition) is 3. The molecule has 4 nitrogen and oxygen atoms in total. The molecule has 0 saturated carbocycles. The lowest BCUT2D eigenvalue weighted by molar-refractivity contribution is -0.120. The van der Waals surface area contributed by atoms with Crippen LogP contribution >= 0.6 is 34.8 Å². The smallest absolute Gasteiger partial charge is 0.264 e. The quantitative estimate of drug-likeness (QED) is 0.582. The predicted octanol–water partition coefficient (Wildman–Crippen LogP) is 5.59. The van der Waals surface area contributed by atoms with E-state index in [-0.39, 0.29) is 41.3 Å². The van der Waals surface area contributed by atoms with Crippen LogP contribution in [0.5, 0.6) is 5.75 Å². The first-order valence-electron chi connectivity index (χ1n) is 7.84. The third-order valence-electron chi connectivity index (χ3n) is 3.59. The van der Waals surface area contributed by atoms with Gasteiger partial charge in [-0.2, -0.15) is 5.26 Å². The van der Waals surface area contributed by atoms with Crippen LogP contribution < -0.4 is 9.64 Å². The number of aryl methyl sites for hydroxylation is 2. The fourth-order valence-corrected chi connectivity index (χ4v) is 3.09. The van der Waals surface area contributed by atoms with Gasteiger partial charge in [0.15, 0.2) is 6.61 Å². The van der Waals surface area contributed by atoms with Gasteiger partial charge in [0, 0.05) is 18.3 Å². The lowest BCUT2D eigenvalue weighted by Gasteiger charge is -2.23. The van der Waals surface area contributed by atoms with E-state index in [2.05, 4.69) is 6.07 Å².